The zero-order valence-electron chi connectivity index (χ0n) is 16.8. The van der Waals surface area contributed by atoms with Gasteiger partial charge < -0.3 is 9.47 Å². The van der Waals surface area contributed by atoms with E-state index >= 15 is 0 Å². The maximum atomic E-state index is 11.1. The second-order valence-electron chi connectivity index (χ2n) is 7.32. The highest BCUT2D eigenvalue weighted by Gasteiger charge is 2.21. The van der Waals surface area contributed by atoms with Crippen molar-refractivity contribution in [3.63, 3.8) is 0 Å². The standard InChI is InChI=1S/C26H24O3/c1-4-25(27)28-12-13-29-26-17(2)14-20(15-18(26)3)22-10-7-11-23-21-9-6-5-8-19(21)16-24(22)23/h4-11,14-15H,1,12-13,16H2,2-3H3. The molecule has 1 aliphatic rings. The molecular formula is C26H24O3. The number of fused-ring (bicyclic) bond motifs is 3. The van der Waals surface area contributed by atoms with Crippen LogP contribution in [-0.4, -0.2) is 19.2 Å². The summed E-state index contributed by atoms with van der Waals surface area (Å²) in [6.07, 6.45) is 2.12. The Balaban J connectivity index is 1.60. The highest BCUT2D eigenvalue weighted by atomic mass is 16.6. The Kier molecular flexibility index (Phi) is 5.22. The summed E-state index contributed by atoms with van der Waals surface area (Å²) >= 11 is 0. The van der Waals surface area contributed by atoms with Crippen molar-refractivity contribution in [1.82, 2.24) is 0 Å². The van der Waals surface area contributed by atoms with Gasteiger partial charge in [-0.3, -0.25) is 0 Å². The lowest BCUT2D eigenvalue weighted by Crippen LogP contribution is -2.11. The highest BCUT2D eigenvalue weighted by Crippen LogP contribution is 2.42. The molecular weight excluding hydrogens is 360 g/mol. The minimum Gasteiger partial charge on any atom is -0.489 e. The van der Waals surface area contributed by atoms with E-state index in [1.54, 1.807) is 0 Å². The van der Waals surface area contributed by atoms with Crippen molar-refractivity contribution in [2.24, 2.45) is 0 Å². The molecule has 3 aromatic rings. The zero-order valence-corrected chi connectivity index (χ0v) is 16.8. The molecule has 0 aromatic heterocycles. The number of hydrogen-bond donors (Lipinski definition) is 0. The van der Waals surface area contributed by atoms with Gasteiger partial charge >= 0.3 is 5.97 Å². The molecule has 1 aliphatic carbocycles. The molecule has 3 heteroatoms. The van der Waals surface area contributed by atoms with E-state index in [4.69, 9.17) is 9.47 Å². The molecule has 0 atom stereocenters. The fraction of sp³-hybridized carbons (Fsp3) is 0.192. The summed E-state index contributed by atoms with van der Waals surface area (Å²) in [5.74, 6) is 0.413. The lowest BCUT2D eigenvalue weighted by molar-refractivity contribution is -0.138. The number of esters is 1. The third kappa shape index (κ3) is 3.68. The molecule has 0 radical (unpaired) electrons. The predicted octanol–water partition coefficient (Wildman–Crippen LogP) is 5.65. The maximum Gasteiger partial charge on any atom is 0.330 e. The predicted molar refractivity (Wildman–Crippen MR) is 116 cm³/mol. The van der Waals surface area contributed by atoms with E-state index in [1.807, 2.05) is 0 Å². The lowest BCUT2D eigenvalue weighted by atomic mass is 9.93. The molecule has 0 saturated heterocycles. The van der Waals surface area contributed by atoms with Crippen molar-refractivity contribution in [2.75, 3.05) is 13.2 Å². The number of carbonyl (C=O) groups excluding carboxylic acids is 1. The molecule has 0 N–H and O–H groups in total. The van der Waals surface area contributed by atoms with Gasteiger partial charge in [-0.1, -0.05) is 49.0 Å². The van der Waals surface area contributed by atoms with E-state index in [0.717, 1.165) is 29.4 Å². The van der Waals surface area contributed by atoms with Gasteiger partial charge in [-0.2, -0.15) is 0 Å². The van der Waals surface area contributed by atoms with Crippen molar-refractivity contribution < 1.29 is 14.3 Å². The topological polar surface area (TPSA) is 35.5 Å². The number of aryl methyl sites for hydroxylation is 2. The van der Waals surface area contributed by atoms with Crippen LogP contribution in [0, 0.1) is 13.8 Å². The van der Waals surface area contributed by atoms with Gasteiger partial charge in [-0.05, 0) is 76.9 Å². The van der Waals surface area contributed by atoms with Gasteiger partial charge in [0.1, 0.15) is 19.0 Å². The normalized spacial score (nSPS) is 11.5. The van der Waals surface area contributed by atoms with Crippen LogP contribution in [-0.2, 0) is 16.0 Å². The summed E-state index contributed by atoms with van der Waals surface area (Å²) in [5, 5.41) is 0. The third-order valence-electron chi connectivity index (χ3n) is 5.36. The molecule has 0 unspecified atom stereocenters. The average Bonchev–Trinajstić information content (AvgIpc) is 3.11. The molecule has 3 nitrogen and oxygen atoms in total. The van der Waals surface area contributed by atoms with E-state index < -0.39 is 5.97 Å². The molecule has 29 heavy (non-hydrogen) atoms. The smallest absolute Gasteiger partial charge is 0.330 e. The summed E-state index contributed by atoms with van der Waals surface area (Å²) in [7, 11) is 0. The van der Waals surface area contributed by atoms with Crippen LogP contribution in [0.4, 0.5) is 0 Å². The first-order valence-electron chi connectivity index (χ1n) is 9.82. The molecule has 0 fully saturated rings. The molecule has 4 rings (SSSR count). The molecule has 146 valence electrons. The molecule has 0 bridgehead atoms. The molecule has 3 aromatic carbocycles. The third-order valence-corrected chi connectivity index (χ3v) is 5.36. The van der Waals surface area contributed by atoms with E-state index in [2.05, 4.69) is 75.0 Å². The van der Waals surface area contributed by atoms with Crippen molar-refractivity contribution >= 4 is 5.97 Å². The van der Waals surface area contributed by atoms with Crippen LogP contribution in [0.25, 0.3) is 22.3 Å². The van der Waals surface area contributed by atoms with Gasteiger partial charge in [0.05, 0.1) is 0 Å². The minimum absolute atomic E-state index is 0.204. The summed E-state index contributed by atoms with van der Waals surface area (Å²) < 4.78 is 10.9. The highest BCUT2D eigenvalue weighted by molar-refractivity contribution is 5.85. The van der Waals surface area contributed by atoms with E-state index in [-0.39, 0.29) is 6.61 Å². The summed E-state index contributed by atoms with van der Waals surface area (Å²) in [6, 6.07) is 19.5. The second kappa shape index (κ2) is 7.96. The SMILES string of the molecule is C=CC(=O)OCCOc1c(C)cc(-c2cccc3c2Cc2ccccc2-3)cc1C. The average molecular weight is 384 g/mol. The first-order chi connectivity index (χ1) is 14.1. The van der Waals surface area contributed by atoms with Crippen LogP contribution in [0.5, 0.6) is 5.75 Å². The Morgan fingerprint density at radius 1 is 0.966 bits per heavy atom. The Morgan fingerprint density at radius 3 is 2.41 bits per heavy atom. The van der Waals surface area contributed by atoms with Crippen LogP contribution in [0.3, 0.4) is 0 Å². The van der Waals surface area contributed by atoms with Crippen LogP contribution >= 0.6 is 0 Å². The van der Waals surface area contributed by atoms with Crippen LogP contribution in [0.15, 0.2) is 67.3 Å². The zero-order chi connectivity index (χ0) is 20.4. The molecule has 0 heterocycles. The Morgan fingerprint density at radius 2 is 1.66 bits per heavy atom. The Bertz CT molecular complexity index is 1070. The summed E-state index contributed by atoms with van der Waals surface area (Å²) in [6.45, 7) is 8.02. The van der Waals surface area contributed by atoms with Gasteiger partial charge in [-0.15, -0.1) is 0 Å². The first-order valence-corrected chi connectivity index (χ1v) is 9.82. The second-order valence-corrected chi connectivity index (χ2v) is 7.32. The molecule has 0 aliphatic heterocycles. The van der Waals surface area contributed by atoms with Crippen LogP contribution < -0.4 is 4.74 Å². The quantitative estimate of drug-likeness (QED) is 0.245. The van der Waals surface area contributed by atoms with Crippen molar-refractivity contribution in [1.29, 1.82) is 0 Å². The van der Waals surface area contributed by atoms with E-state index in [9.17, 15) is 4.79 Å². The number of carbonyl (C=O) groups is 1. The summed E-state index contributed by atoms with van der Waals surface area (Å²) in [5.41, 5.74) is 10.1. The largest absolute Gasteiger partial charge is 0.489 e. The first kappa shape index (κ1) is 19.0. The van der Waals surface area contributed by atoms with Crippen LogP contribution in [0.1, 0.15) is 22.3 Å². The van der Waals surface area contributed by atoms with Gasteiger partial charge in [0.15, 0.2) is 0 Å². The Hall–Kier alpha value is -3.33. The van der Waals surface area contributed by atoms with Crippen molar-refractivity contribution in [3.05, 3.63) is 89.5 Å². The number of rotatable bonds is 6. The maximum absolute atomic E-state index is 11.1. The van der Waals surface area contributed by atoms with Crippen LogP contribution in [0.2, 0.25) is 0 Å². The molecule has 0 spiro atoms. The fourth-order valence-electron chi connectivity index (χ4n) is 4.11. The van der Waals surface area contributed by atoms with Crippen molar-refractivity contribution in [2.45, 2.75) is 20.3 Å². The fourth-order valence-corrected chi connectivity index (χ4v) is 4.11. The monoisotopic (exact) mass is 384 g/mol. The minimum atomic E-state index is -0.434. The molecule has 0 amide bonds. The lowest BCUT2D eigenvalue weighted by Gasteiger charge is -2.16. The molecule has 0 saturated carbocycles. The van der Waals surface area contributed by atoms with Crippen molar-refractivity contribution in [3.8, 4) is 28.0 Å². The van der Waals surface area contributed by atoms with E-state index in [0.29, 0.717) is 6.61 Å². The van der Waals surface area contributed by atoms with Gasteiger partial charge in [0, 0.05) is 6.08 Å². The van der Waals surface area contributed by atoms with Gasteiger partial charge in [-0.25, -0.2) is 4.79 Å². The summed E-state index contributed by atoms with van der Waals surface area (Å²) in [4.78, 5) is 11.1. The number of benzene rings is 3. The number of ether oxygens (including phenoxy) is 2. The van der Waals surface area contributed by atoms with E-state index in [1.165, 1.54) is 33.4 Å². The van der Waals surface area contributed by atoms with Gasteiger partial charge in [0.2, 0.25) is 0 Å². The number of hydrogen-bond acceptors (Lipinski definition) is 3. The Labute approximate surface area is 171 Å². The van der Waals surface area contributed by atoms with Gasteiger partial charge in [0.25, 0.3) is 0 Å².